The summed E-state index contributed by atoms with van der Waals surface area (Å²) >= 11 is 0. The molecule has 0 N–H and O–H groups in total. The van der Waals surface area contributed by atoms with Gasteiger partial charge in [-0.25, -0.2) is 11.6 Å². The molecule has 0 unspecified atom stereocenters. The molecule has 0 aromatic carbocycles. The van der Waals surface area contributed by atoms with Gasteiger partial charge in [-0.2, -0.15) is 5.57 Å². The fourth-order valence-electron chi connectivity index (χ4n) is 1.23. The Morgan fingerprint density at radius 1 is 1.38 bits per heavy atom. The summed E-state index contributed by atoms with van der Waals surface area (Å²) in [6, 6.07) is 0. The topological polar surface area (TPSA) is 0 Å². The molecule has 13 heavy (non-hydrogen) atoms. The van der Waals surface area contributed by atoms with Crippen molar-refractivity contribution in [3.63, 3.8) is 0 Å². The zero-order valence-corrected chi connectivity index (χ0v) is 12.3. The van der Waals surface area contributed by atoms with Crippen molar-refractivity contribution in [2.75, 3.05) is 0 Å². The number of unbranched alkanes of at least 4 members (excludes halogenated alkanes) is 1. The SMILES string of the molecule is CCCCC1=CC(C)=[C-]C1.Cl.Cl.[Zr]. The zero-order valence-electron chi connectivity index (χ0n) is 8.22. The van der Waals surface area contributed by atoms with Crippen molar-refractivity contribution in [3.05, 3.63) is 23.3 Å². The van der Waals surface area contributed by atoms with E-state index >= 15 is 0 Å². The smallest absolute Gasteiger partial charge is 0 e. The average Bonchev–Trinajstić information content (AvgIpc) is 2.31. The third-order valence-electron chi connectivity index (χ3n) is 1.87. The molecule has 1 aliphatic rings. The zero-order chi connectivity index (χ0) is 7.40. The molecule has 1 aliphatic carbocycles. The Hall–Kier alpha value is 0.943. The molecule has 0 aliphatic heterocycles. The van der Waals surface area contributed by atoms with E-state index in [-0.39, 0.29) is 51.0 Å². The maximum absolute atomic E-state index is 3.30. The largest absolute Gasteiger partial charge is 0.269 e. The molecule has 0 radical (unpaired) electrons. The van der Waals surface area contributed by atoms with Gasteiger partial charge in [0, 0.05) is 26.2 Å². The second-order valence-corrected chi connectivity index (χ2v) is 2.94. The van der Waals surface area contributed by atoms with Crippen LogP contribution in [-0.2, 0) is 26.2 Å². The van der Waals surface area contributed by atoms with Crippen molar-refractivity contribution in [2.45, 2.75) is 39.5 Å². The van der Waals surface area contributed by atoms with Crippen LogP contribution in [0.15, 0.2) is 17.2 Å². The van der Waals surface area contributed by atoms with Crippen LogP contribution < -0.4 is 0 Å². The number of rotatable bonds is 3. The van der Waals surface area contributed by atoms with Crippen molar-refractivity contribution in [1.29, 1.82) is 0 Å². The van der Waals surface area contributed by atoms with Gasteiger partial charge >= 0.3 is 0 Å². The van der Waals surface area contributed by atoms with Gasteiger partial charge in [-0.1, -0.05) is 26.7 Å². The molecule has 0 heterocycles. The first-order valence-electron chi connectivity index (χ1n) is 4.10. The van der Waals surface area contributed by atoms with Gasteiger partial charge < -0.3 is 0 Å². The minimum atomic E-state index is 0. The van der Waals surface area contributed by atoms with Gasteiger partial charge in [0.05, 0.1) is 0 Å². The second-order valence-electron chi connectivity index (χ2n) is 2.94. The predicted molar refractivity (Wildman–Crippen MR) is 59.2 cm³/mol. The van der Waals surface area contributed by atoms with Crippen LogP contribution >= 0.6 is 24.8 Å². The Labute approximate surface area is 113 Å². The Bertz CT molecular complexity index is 174. The first-order chi connectivity index (χ1) is 4.83. The van der Waals surface area contributed by atoms with Gasteiger partial charge in [0.2, 0.25) is 0 Å². The number of hydrogen-bond donors (Lipinski definition) is 0. The van der Waals surface area contributed by atoms with Crippen LogP contribution in [0.1, 0.15) is 39.5 Å². The molecule has 0 fully saturated rings. The molecule has 0 atom stereocenters. The van der Waals surface area contributed by atoms with Crippen LogP contribution in [0.2, 0.25) is 0 Å². The molecule has 0 amide bonds. The van der Waals surface area contributed by atoms with Gasteiger partial charge in [-0.15, -0.1) is 31.2 Å². The van der Waals surface area contributed by atoms with Crippen molar-refractivity contribution in [2.24, 2.45) is 0 Å². The summed E-state index contributed by atoms with van der Waals surface area (Å²) in [6.45, 7) is 4.36. The molecule has 0 bridgehead atoms. The molecule has 76 valence electrons. The number of halogens is 2. The van der Waals surface area contributed by atoms with Gasteiger partial charge in [-0.3, -0.25) is 6.08 Å². The van der Waals surface area contributed by atoms with E-state index in [1.165, 1.54) is 24.8 Å². The summed E-state index contributed by atoms with van der Waals surface area (Å²) in [5.74, 6) is 0. The van der Waals surface area contributed by atoms with Gasteiger partial charge in [-0.05, 0) is 6.42 Å². The summed E-state index contributed by atoms with van der Waals surface area (Å²) in [4.78, 5) is 0. The van der Waals surface area contributed by atoms with Crippen LogP contribution in [0.5, 0.6) is 0 Å². The van der Waals surface area contributed by atoms with E-state index < -0.39 is 0 Å². The third kappa shape index (κ3) is 7.97. The van der Waals surface area contributed by atoms with E-state index in [9.17, 15) is 0 Å². The molecule has 1 rings (SSSR count). The fourth-order valence-corrected chi connectivity index (χ4v) is 1.23. The summed E-state index contributed by atoms with van der Waals surface area (Å²) in [5, 5.41) is 0. The van der Waals surface area contributed by atoms with Gasteiger partial charge in [0.25, 0.3) is 0 Å². The first kappa shape index (κ1) is 19.5. The van der Waals surface area contributed by atoms with E-state index in [1.54, 1.807) is 5.57 Å². The standard InChI is InChI=1S/C10H15.2ClH.Zr/c1-3-4-5-10-7-6-9(2)8-10;;;/h8H,3-5,7H2,1-2H3;2*1H;/q-1;;;. The molecule has 0 saturated carbocycles. The Kier molecular flexibility index (Phi) is 16.5. The minimum absolute atomic E-state index is 0. The van der Waals surface area contributed by atoms with Crippen molar-refractivity contribution in [1.82, 2.24) is 0 Å². The molecule has 0 nitrogen and oxygen atoms in total. The van der Waals surface area contributed by atoms with Crippen molar-refractivity contribution in [3.8, 4) is 0 Å². The molecular formula is C10H17Cl2Zr-. The van der Waals surface area contributed by atoms with Crippen LogP contribution in [-0.4, -0.2) is 0 Å². The predicted octanol–water partition coefficient (Wildman–Crippen LogP) is 4.10. The fraction of sp³-hybridized carbons (Fsp3) is 0.600. The summed E-state index contributed by atoms with van der Waals surface area (Å²) in [7, 11) is 0. The molecular weight excluding hydrogens is 282 g/mol. The first-order valence-corrected chi connectivity index (χ1v) is 4.10. The Balaban J connectivity index is -0.000000333. The van der Waals surface area contributed by atoms with Crippen LogP contribution in [0.25, 0.3) is 0 Å². The molecule has 0 aromatic heterocycles. The maximum atomic E-state index is 3.30. The minimum Gasteiger partial charge on any atom is -0.269 e. The molecule has 3 heteroatoms. The second kappa shape index (κ2) is 11.0. The van der Waals surface area contributed by atoms with Crippen LogP contribution in [0, 0.1) is 6.08 Å². The van der Waals surface area contributed by atoms with Gasteiger partial charge in [0.15, 0.2) is 0 Å². The van der Waals surface area contributed by atoms with Crippen LogP contribution in [0.3, 0.4) is 0 Å². The normalized spacial score (nSPS) is 13.1. The third-order valence-corrected chi connectivity index (χ3v) is 1.87. The average molecular weight is 299 g/mol. The van der Waals surface area contributed by atoms with Crippen molar-refractivity contribution >= 4 is 24.8 Å². The summed E-state index contributed by atoms with van der Waals surface area (Å²) in [5.41, 5.74) is 2.89. The van der Waals surface area contributed by atoms with Crippen LogP contribution in [0.4, 0.5) is 0 Å². The Morgan fingerprint density at radius 2 is 2.00 bits per heavy atom. The van der Waals surface area contributed by atoms with E-state index in [4.69, 9.17) is 0 Å². The maximum Gasteiger partial charge on any atom is 0 e. The monoisotopic (exact) mass is 297 g/mol. The number of allylic oxidation sites excluding steroid dienone is 4. The molecule has 0 spiro atoms. The summed E-state index contributed by atoms with van der Waals surface area (Å²) < 4.78 is 0. The van der Waals surface area contributed by atoms with E-state index in [2.05, 4.69) is 26.0 Å². The molecule has 0 aromatic rings. The van der Waals surface area contributed by atoms with Gasteiger partial charge in [0.1, 0.15) is 0 Å². The van der Waals surface area contributed by atoms with E-state index in [0.717, 1.165) is 6.42 Å². The quantitative estimate of drug-likeness (QED) is 0.688. The summed E-state index contributed by atoms with van der Waals surface area (Å²) in [6.07, 6.45) is 10.6. The number of hydrogen-bond acceptors (Lipinski definition) is 0. The van der Waals surface area contributed by atoms with Crippen molar-refractivity contribution < 1.29 is 26.2 Å². The van der Waals surface area contributed by atoms with E-state index in [0.29, 0.717) is 0 Å². The van der Waals surface area contributed by atoms with E-state index in [1.807, 2.05) is 0 Å². The Morgan fingerprint density at radius 3 is 2.38 bits per heavy atom. The molecule has 0 saturated heterocycles.